The van der Waals surface area contributed by atoms with Crippen LogP contribution in [0.4, 0.5) is 23.1 Å². The van der Waals surface area contributed by atoms with Gasteiger partial charge in [-0.1, -0.05) is 18.2 Å². The molecule has 9 nitrogen and oxygen atoms in total. The molecular formula is C19H16BrN7O2S. The van der Waals surface area contributed by atoms with Crippen molar-refractivity contribution in [1.29, 1.82) is 0 Å². The molecular weight excluding hydrogens is 470 g/mol. The normalized spacial score (nSPS) is 11.4. The van der Waals surface area contributed by atoms with Crippen molar-refractivity contribution in [3.63, 3.8) is 0 Å². The average molecular weight is 486 g/mol. The maximum Gasteiger partial charge on any atom is 0.229 e. The van der Waals surface area contributed by atoms with Gasteiger partial charge in [0.25, 0.3) is 0 Å². The molecule has 4 rings (SSSR count). The molecule has 0 saturated heterocycles. The van der Waals surface area contributed by atoms with E-state index in [0.717, 1.165) is 16.7 Å². The Balaban J connectivity index is 1.61. The third-order valence-corrected chi connectivity index (χ3v) is 5.39. The number of rotatable bonds is 6. The van der Waals surface area contributed by atoms with Crippen LogP contribution in [0.1, 0.15) is 5.56 Å². The number of halogens is 1. The molecule has 4 aromatic rings. The summed E-state index contributed by atoms with van der Waals surface area (Å²) in [6, 6.07) is 12.5. The van der Waals surface area contributed by atoms with E-state index in [1.165, 1.54) is 0 Å². The van der Waals surface area contributed by atoms with Gasteiger partial charge in [0.1, 0.15) is 5.82 Å². The van der Waals surface area contributed by atoms with Gasteiger partial charge in [0.2, 0.25) is 16.0 Å². The average Bonchev–Trinajstić information content (AvgIpc) is 2.71. The number of primary sulfonamides is 1. The Morgan fingerprint density at radius 1 is 0.967 bits per heavy atom. The molecule has 0 atom stereocenters. The number of nitrogens with two attached hydrogens (primary N) is 1. The zero-order valence-electron chi connectivity index (χ0n) is 15.4. The largest absolute Gasteiger partial charge is 0.339 e. The van der Waals surface area contributed by atoms with Gasteiger partial charge in [-0.15, -0.1) is 0 Å². The highest BCUT2D eigenvalue weighted by atomic mass is 79.9. The van der Waals surface area contributed by atoms with Crippen LogP contribution < -0.4 is 15.8 Å². The van der Waals surface area contributed by atoms with Crippen LogP contribution in [0.5, 0.6) is 0 Å². The number of sulfonamides is 1. The van der Waals surface area contributed by atoms with Gasteiger partial charge in [-0.3, -0.25) is 9.97 Å². The molecule has 2 aromatic heterocycles. The van der Waals surface area contributed by atoms with Crippen molar-refractivity contribution in [3.05, 3.63) is 71.1 Å². The summed E-state index contributed by atoms with van der Waals surface area (Å²) in [7, 11) is -3.68. The van der Waals surface area contributed by atoms with Crippen molar-refractivity contribution in [2.24, 2.45) is 5.14 Å². The van der Waals surface area contributed by atoms with Gasteiger partial charge in [0.15, 0.2) is 0 Å². The molecule has 4 N–H and O–H groups in total. The molecule has 0 bridgehead atoms. The fourth-order valence-electron chi connectivity index (χ4n) is 2.80. The minimum atomic E-state index is -3.68. The number of fused-ring (bicyclic) bond motifs is 1. The van der Waals surface area contributed by atoms with Crippen molar-refractivity contribution < 1.29 is 8.42 Å². The molecule has 152 valence electrons. The van der Waals surface area contributed by atoms with Crippen molar-refractivity contribution in [1.82, 2.24) is 19.9 Å². The van der Waals surface area contributed by atoms with E-state index in [1.54, 1.807) is 42.9 Å². The Bertz CT molecular complexity index is 1330. The molecule has 0 aliphatic heterocycles. The monoisotopic (exact) mass is 485 g/mol. The lowest BCUT2D eigenvalue weighted by Crippen LogP contribution is -2.15. The van der Waals surface area contributed by atoms with E-state index in [1.807, 2.05) is 18.2 Å². The molecule has 0 fully saturated rings. The summed E-state index contributed by atoms with van der Waals surface area (Å²) in [5, 5.41) is 11.5. The Kier molecular flexibility index (Phi) is 5.57. The number of nitrogens with one attached hydrogen (secondary N) is 2. The fourth-order valence-corrected chi connectivity index (χ4v) is 3.77. The smallest absolute Gasteiger partial charge is 0.229 e. The molecule has 30 heavy (non-hydrogen) atoms. The second kappa shape index (κ2) is 8.30. The number of anilines is 4. The zero-order valence-corrected chi connectivity index (χ0v) is 17.9. The van der Waals surface area contributed by atoms with Gasteiger partial charge in [-0.05, 0) is 45.8 Å². The van der Waals surface area contributed by atoms with Gasteiger partial charge >= 0.3 is 0 Å². The number of hydrogen-bond acceptors (Lipinski definition) is 8. The van der Waals surface area contributed by atoms with E-state index < -0.39 is 10.0 Å². The lowest BCUT2D eigenvalue weighted by atomic mass is 10.2. The fraction of sp³-hybridized carbons (Fsp3) is 0.0526. The Hall–Kier alpha value is -3.15. The summed E-state index contributed by atoms with van der Waals surface area (Å²) in [5.74, 6) is 0.532. The van der Waals surface area contributed by atoms with E-state index >= 15 is 0 Å². The lowest BCUT2D eigenvalue weighted by Gasteiger charge is -2.13. The molecule has 2 heterocycles. The van der Waals surface area contributed by atoms with E-state index in [-0.39, 0.29) is 5.75 Å². The van der Waals surface area contributed by atoms with Crippen molar-refractivity contribution in [2.75, 3.05) is 10.6 Å². The van der Waals surface area contributed by atoms with Crippen LogP contribution in [0.3, 0.4) is 0 Å². The molecule has 0 spiro atoms. The summed E-state index contributed by atoms with van der Waals surface area (Å²) in [5.41, 5.74) is 3.40. The van der Waals surface area contributed by atoms with Crippen molar-refractivity contribution >= 4 is 60.1 Å². The van der Waals surface area contributed by atoms with E-state index in [0.29, 0.717) is 27.5 Å². The highest BCUT2D eigenvalue weighted by molar-refractivity contribution is 9.10. The van der Waals surface area contributed by atoms with Crippen molar-refractivity contribution in [3.8, 4) is 0 Å². The van der Waals surface area contributed by atoms with Crippen LogP contribution in [0.15, 0.2) is 65.5 Å². The molecule has 11 heteroatoms. The van der Waals surface area contributed by atoms with Crippen LogP contribution in [0.2, 0.25) is 0 Å². The Labute approximate surface area is 181 Å². The molecule has 0 unspecified atom stereocenters. The quantitative estimate of drug-likeness (QED) is 0.377. The predicted octanol–water partition coefficient (Wildman–Crippen LogP) is 3.46. The van der Waals surface area contributed by atoms with Gasteiger partial charge < -0.3 is 10.6 Å². The minimum absolute atomic E-state index is 0.290. The van der Waals surface area contributed by atoms with Crippen LogP contribution in [-0.2, 0) is 15.8 Å². The molecule has 0 radical (unpaired) electrons. The third-order valence-electron chi connectivity index (χ3n) is 4.10. The highest BCUT2D eigenvalue weighted by Gasteiger charge is 2.12. The van der Waals surface area contributed by atoms with E-state index in [2.05, 4.69) is 46.5 Å². The molecule has 0 saturated carbocycles. The van der Waals surface area contributed by atoms with Gasteiger partial charge in [0, 0.05) is 30.0 Å². The van der Waals surface area contributed by atoms with Crippen LogP contribution in [0.25, 0.3) is 11.0 Å². The maximum absolute atomic E-state index is 11.5. The van der Waals surface area contributed by atoms with E-state index in [9.17, 15) is 8.42 Å². The molecule has 0 amide bonds. The molecule has 2 aromatic carbocycles. The first kappa shape index (κ1) is 20.1. The first-order valence-corrected chi connectivity index (χ1v) is 11.2. The van der Waals surface area contributed by atoms with E-state index in [4.69, 9.17) is 5.14 Å². The first-order valence-electron chi connectivity index (χ1n) is 8.73. The van der Waals surface area contributed by atoms with Crippen molar-refractivity contribution in [2.45, 2.75) is 5.75 Å². The van der Waals surface area contributed by atoms with Crippen LogP contribution in [-0.4, -0.2) is 28.4 Å². The number of para-hydroxylation sites is 1. The van der Waals surface area contributed by atoms with Gasteiger partial charge in [-0.2, -0.15) is 4.98 Å². The number of benzene rings is 2. The summed E-state index contributed by atoms with van der Waals surface area (Å²) in [4.78, 5) is 17.3. The zero-order chi connectivity index (χ0) is 21.1. The third kappa shape index (κ3) is 4.87. The summed E-state index contributed by atoms with van der Waals surface area (Å²) in [6.45, 7) is 0. The minimum Gasteiger partial charge on any atom is -0.339 e. The second-order valence-corrected chi connectivity index (χ2v) is 8.83. The lowest BCUT2D eigenvalue weighted by molar-refractivity contribution is 0.597. The summed E-state index contributed by atoms with van der Waals surface area (Å²) < 4.78 is 23.7. The Morgan fingerprint density at radius 2 is 1.73 bits per heavy atom. The summed E-state index contributed by atoms with van der Waals surface area (Å²) in [6.07, 6.45) is 4.86. The molecule has 0 aliphatic carbocycles. The predicted molar refractivity (Wildman–Crippen MR) is 119 cm³/mol. The maximum atomic E-state index is 11.5. The standard InChI is InChI=1S/C19H16BrN7O2S/c20-14-10-24-19(25-13-5-6-16-17(9-13)23-8-7-22-16)27-18(14)26-15-4-2-1-3-12(15)11-30(21,28)29/h1-10H,11H2,(H2,21,28,29)(H2,24,25,26,27). The number of hydrogen-bond donors (Lipinski definition) is 3. The topological polar surface area (TPSA) is 136 Å². The number of nitrogens with zero attached hydrogens (tertiary/aromatic N) is 4. The second-order valence-electron chi connectivity index (χ2n) is 6.36. The highest BCUT2D eigenvalue weighted by Crippen LogP contribution is 2.28. The van der Waals surface area contributed by atoms with Gasteiger partial charge in [-0.25, -0.2) is 18.5 Å². The first-order chi connectivity index (χ1) is 14.4. The van der Waals surface area contributed by atoms with Crippen LogP contribution in [0, 0.1) is 0 Å². The SMILES string of the molecule is NS(=O)(=O)Cc1ccccc1Nc1nc(Nc2ccc3nccnc3c2)ncc1Br. The summed E-state index contributed by atoms with van der Waals surface area (Å²) >= 11 is 3.42. The molecule has 0 aliphatic rings. The number of aromatic nitrogens is 4. The van der Waals surface area contributed by atoms with Gasteiger partial charge in [0.05, 0.1) is 21.3 Å². The van der Waals surface area contributed by atoms with Crippen LogP contribution >= 0.6 is 15.9 Å². The Morgan fingerprint density at radius 3 is 2.53 bits per heavy atom.